The van der Waals surface area contributed by atoms with Crippen molar-refractivity contribution in [2.45, 2.75) is 44.7 Å². The predicted molar refractivity (Wildman–Crippen MR) is 99.7 cm³/mol. The number of aryl methyl sites for hydroxylation is 1. The van der Waals surface area contributed by atoms with Gasteiger partial charge in [0.25, 0.3) is 0 Å². The van der Waals surface area contributed by atoms with Crippen molar-refractivity contribution in [3.8, 4) is 0 Å². The molecular formula is C18H22N4O2S. The second-order valence-corrected chi connectivity index (χ2v) is 6.55. The molecule has 132 valence electrons. The molecule has 2 aromatic heterocycles. The molecule has 0 unspecified atom stereocenters. The van der Waals surface area contributed by atoms with Crippen LogP contribution in [0.1, 0.15) is 25.3 Å². The van der Waals surface area contributed by atoms with Gasteiger partial charge in [-0.1, -0.05) is 43.7 Å². The van der Waals surface area contributed by atoms with Crippen molar-refractivity contribution in [3.05, 3.63) is 52.7 Å². The molecular weight excluding hydrogens is 336 g/mol. The van der Waals surface area contributed by atoms with Crippen molar-refractivity contribution in [1.82, 2.24) is 19.1 Å². The monoisotopic (exact) mass is 358 g/mol. The Kier molecular flexibility index (Phi) is 5.88. The summed E-state index contributed by atoms with van der Waals surface area (Å²) in [5, 5.41) is 0.688. The normalized spacial score (nSPS) is 11.3. The highest BCUT2D eigenvalue weighted by molar-refractivity contribution is 7.98. The van der Waals surface area contributed by atoms with Crippen molar-refractivity contribution < 1.29 is 4.74 Å². The highest BCUT2D eigenvalue weighted by Gasteiger charge is 2.15. The van der Waals surface area contributed by atoms with E-state index in [1.807, 2.05) is 41.2 Å². The van der Waals surface area contributed by atoms with E-state index in [0.717, 1.165) is 23.9 Å². The molecule has 0 saturated carbocycles. The van der Waals surface area contributed by atoms with E-state index in [9.17, 15) is 4.79 Å². The van der Waals surface area contributed by atoms with Crippen molar-refractivity contribution in [3.63, 3.8) is 0 Å². The number of nitrogens with zero attached hydrogens (tertiary/aromatic N) is 4. The molecule has 6 nitrogen and oxygen atoms in total. The van der Waals surface area contributed by atoms with Gasteiger partial charge in [0.05, 0.1) is 12.9 Å². The predicted octanol–water partition coefficient (Wildman–Crippen LogP) is 3.29. The first-order chi connectivity index (χ1) is 12.2. The van der Waals surface area contributed by atoms with Crippen LogP contribution in [0, 0.1) is 0 Å². The molecule has 7 heteroatoms. The Labute approximate surface area is 150 Å². The van der Waals surface area contributed by atoms with Gasteiger partial charge in [0.15, 0.2) is 5.65 Å². The van der Waals surface area contributed by atoms with Gasteiger partial charge < -0.3 is 9.30 Å². The number of hydrogen-bond donors (Lipinski definition) is 0. The summed E-state index contributed by atoms with van der Waals surface area (Å²) in [6.45, 7) is 3.63. The number of ether oxygens (including phenoxy) is 1. The molecule has 0 aliphatic rings. The number of hydrogen-bond acceptors (Lipinski definition) is 5. The van der Waals surface area contributed by atoms with E-state index in [1.165, 1.54) is 11.8 Å². The third-order valence-electron chi connectivity index (χ3n) is 3.98. The molecule has 0 amide bonds. The summed E-state index contributed by atoms with van der Waals surface area (Å²) in [4.78, 5) is 21.0. The molecule has 0 aliphatic carbocycles. The van der Waals surface area contributed by atoms with E-state index in [1.54, 1.807) is 10.9 Å². The molecule has 0 aliphatic heterocycles. The van der Waals surface area contributed by atoms with Crippen molar-refractivity contribution >= 4 is 22.9 Å². The Morgan fingerprint density at radius 1 is 1.24 bits per heavy atom. The van der Waals surface area contributed by atoms with Crippen LogP contribution in [0.4, 0.5) is 0 Å². The van der Waals surface area contributed by atoms with Gasteiger partial charge in [-0.05, 0) is 18.2 Å². The first-order valence-corrected chi connectivity index (χ1v) is 9.58. The summed E-state index contributed by atoms with van der Waals surface area (Å²) in [6.07, 6.45) is 5.57. The Hall–Kier alpha value is -2.12. The lowest BCUT2D eigenvalue weighted by molar-refractivity contribution is 0.0661. The van der Waals surface area contributed by atoms with Crippen LogP contribution in [0.25, 0.3) is 11.2 Å². The Morgan fingerprint density at radius 2 is 2.04 bits per heavy atom. The van der Waals surface area contributed by atoms with Crippen LogP contribution < -0.4 is 5.69 Å². The summed E-state index contributed by atoms with van der Waals surface area (Å²) < 4.78 is 9.40. The van der Waals surface area contributed by atoms with Crippen molar-refractivity contribution in [2.75, 3.05) is 6.26 Å². The molecule has 0 atom stereocenters. The van der Waals surface area contributed by atoms with Gasteiger partial charge in [0.1, 0.15) is 17.3 Å². The second kappa shape index (κ2) is 8.31. The number of fused-ring (bicyclic) bond motifs is 1. The second-order valence-electron chi connectivity index (χ2n) is 5.76. The van der Waals surface area contributed by atoms with E-state index >= 15 is 0 Å². The third-order valence-corrected chi connectivity index (χ3v) is 4.65. The lowest BCUT2D eigenvalue weighted by atomic mass is 10.2. The van der Waals surface area contributed by atoms with Crippen LogP contribution in [0.2, 0.25) is 0 Å². The van der Waals surface area contributed by atoms with Crippen molar-refractivity contribution in [2.24, 2.45) is 0 Å². The minimum absolute atomic E-state index is 0.235. The first kappa shape index (κ1) is 17.7. The molecule has 3 aromatic rings. The van der Waals surface area contributed by atoms with E-state index in [4.69, 9.17) is 4.74 Å². The average molecular weight is 358 g/mol. The zero-order valence-corrected chi connectivity index (χ0v) is 15.3. The maximum absolute atomic E-state index is 12.3. The van der Waals surface area contributed by atoms with E-state index in [2.05, 4.69) is 16.9 Å². The van der Waals surface area contributed by atoms with E-state index < -0.39 is 0 Å². The fourth-order valence-corrected chi connectivity index (χ4v) is 3.24. The van der Waals surface area contributed by atoms with Gasteiger partial charge in [-0.15, -0.1) is 11.8 Å². The summed E-state index contributed by atoms with van der Waals surface area (Å²) >= 11 is 1.45. The Bertz CT molecular complexity index is 889. The highest BCUT2D eigenvalue weighted by atomic mass is 32.2. The average Bonchev–Trinajstić information content (AvgIpc) is 3.05. The maximum atomic E-state index is 12.3. The molecule has 2 heterocycles. The lowest BCUT2D eigenvalue weighted by Gasteiger charge is -2.10. The zero-order valence-electron chi connectivity index (χ0n) is 14.5. The van der Waals surface area contributed by atoms with Gasteiger partial charge in [0, 0.05) is 6.54 Å². The third kappa shape index (κ3) is 3.93. The molecule has 0 bridgehead atoms. The summed E-state index contributed by atoms with van der Waals surface area (Å²) in [5.74, 6) is 0. The van der Waals surface area contributed by atoms with Crippen LogP contribution in [0.15, 0.2) is 46.5 Å². The molecule has 0 fully saturated rings. The first-order valence-electron chi connectivity index (χ1n) is 8.36. The molecule has 25 heavy (non-hydrogen) atoms. The number of aromatic nitrogens is 4. The quantitative estimate of drug-likeness (QED) is 0.457. The van der Waals surface area contributed by atoms with Crippen LogP contribution >= 0.6 is 11.8 Å². The van der Waals surface area contributed by atoms with Crippen LogP contribution in [-0.4, -0.2) is 25.4 Å². The van der Waals surface area contributed by atoms with Gasteiger partial charge in [0.2, 0.25) is 0 Å². The van der Waals surface area contributed by atoms with Crippen molar-refractivity contribution in [1.29, 1.82) is 0 Å². The molecule has 0 spiro atoms. The van der Waals surface area contributed by atoms with Gasteiger partial charge in [-0.25, -0.2) is 9.78 Å². The lowest BCUT2D eigenvalue weighted by Crippen LogP contribution is -2.24. The number of imidazole rings is 1. The minimum atomic E-state index is -0.235. The van der Waals surface area contributed by atoms with E-state index in [0.29, 0.717) is 30.6 Å². The number of rotatable bonds is 8. The zero-order chi connectivity index (χ0) is 17.6. The van der Waals surface area contributed by atoms with Gasteiger partial charge in [-0.2, -0.15) is 4.98 Å². The fourth-order valence-electron chi connectivity index (χ4n) is 2.67. The number of thioether (sulfide) groups is 1. The molecule has 0 N–H and O–H groups in total. The Balaban J connectivity index is 1.87. The minimum Gasteiger partial charge on any atom is -0.356 e. The number of benzene rings is 1. The largest absolute Gasteiger partial charge is 0.356 e. The standard InChI is InChI=1S/C18H22N4O2S/c1-3-4-10-22-16-15(17(25-2)20-18(22)23)21(12-19-16)13-24-11-14-8-6-5-7-9-14/h5-9,12H,3-4,10-11,13H2,1-2H3. The van der Waals surface area contributed by atoms with E-state index in [-0.39, 0.29) is 5.69 Å². The van der Waals surface area contributed by atoms with Crippen LogP contribution in [0.3, 0.4) is 0 Å². The summed E-state index contributed by atoms with van der Waals surface area (Å²) in [5.41, 5.74) is 2.42. The topological polar surface area (TPSA) is 61.9 Å². The highest BCUT2D eigenvalue weighted by Crippen LogP contribution is 2.22. The maximum Gasteiger partial charge on any atom is 0.350 e. The molecule has 0 radical (unpaired) electrons. The van der Waals surface area contributed by atoms with Crippen LogP contribution in [-0.2, 0) is 24.6 Å². The summed E-state index contributed by atoms with van der Waals surface area (Å²) in [6, 6.07) is 10.0. The number of unbranched alkanes of at least 4 members (excludes halogenated alkanes) is 1. The van der Waals surface area contributed by atoms with Gasteiger partial charge >= 0.3 is 5.69 Å². The molecule has 1 aromatic carbocycles. The van der Waals surface area contributed by atoms with Gasteiger partial charge in [-0.3, -0.25) is 4.57 Å². The summed E-state index contributed by atoms with van der Waals surface area (Å²) in [7, 11) is 0. The van der Waals surface area contributed by atoms with Crippen LogP contribution in [0.5, 0.6) is 0 Å². The molecule has 3 rings (SSSR count). The smallest absolute Gasteiger partial charge is 0.350 e. The fraction of sp³-hybridized carbons (Fsp3) is 0.389. The Morgan fingerprint density at radius 3 is 2.76 bits per heavy atom. The SMILES string of the molecule is CCCCn1c(=O)nc(SC)c2c1ncn2COCc1ccccc1. The molecule has 0 saturated heterocycles.